The molecular formula is C16H15N3O6S. The molecule has 3 aromatic rings. The number of rotatable bonds is 6. The number of ether oxygens (including phenoxy) is 3. The van der Waals surface area contributed by atoms with Crippen molar-refractivity contribution in [2.75, 3.05) is 14.2 Å². The fourth-order valence-electron chi connectivity index (χ4n) is 2.25. The van der Waals surface area contributed by atoms with Crippen molar-refractivity contribution in [3.8, 4) is 28.9 Å². The molecule has 0 aliphatic rings. The van der Waals surface area contributed by atoms with E-state index >= 15 is 0 Å². The summed E-state index contributed by atoms with van der Waals surface area (Å²) in [5.41, 5.74) is 0.613. The molecule has 1 heterocycles. The van der Waals surface area contributed by atoms with Gasteiger partial charge in [0.25, 0.3) is 0 Å². The molecule has 0 bridgehead atoms. The van der Waals surface area contributed by atoms with E-state index in [9.17, 15) is 8.42 Å². The lowest BCUT2D eigenvalue weighted by atomic mass is 10.2. The quantitative estimate of drug-likeness (QED) is 0.692. The Hall–Kier alpha value is -3.11. The van der Waals surface area contributed by atoms with E-state index in [-0.39, 0.29) is 5.75 Å². The van der Waals surface area contributed by atoms with Gasteiger partial charge in [-0.1, -0.05) is 0 Å². The van der Waals surface area contributed by atoms with Gasteiger partial charge >= 0.3 is 10.3 Å². The van der Waals surface area contributed by atoms with E-state index in [4.69, 9.17) is 19.3 Å². The molecule has 0 aliphatic carbocycles. The van der Waals surface area contributed by atoms with E-state index < -0.39 is 10.3 Å². The summed E-state index contributed by atoms with van der Waals surface area (Å²) in [6, 6.07) is 9.29. The Bertz CT molecular complexity index is 1040. The Morgan fingerprint density at radius 1 is 0.923 bits per heavy atom. The van der Waals surface area contributed by atoms with Gasteiger partial charge in [0.05, 0.1) is 25.1 Å². The third-order valence-electron chi connectivity index (χ3n) is 3.35. The third-order valence-corrected chi connectivity index (χ3v) is 3.78. The maximum atomic E-state index is 10.9. The Labute approximate surface area is 149 Å². The van der Waals surface area contributed by atoms with Crippen LogP contribution in [0.25, 0.3) is 10.9 Å². The van der Waals surface area contributed by atoms with Crippen LogP contribution < -0.4 is 23.5 Å². The zero-order chi connectivity index (χ0) is 18.7. The van der Waals surface area contributed by atoms with Gasteiger partial charge in [-0.05, 0) is 30.3 Å². The summed E-state index contributed by atoms with van der Waals surface area (Å²) in [6.07, 6.45) is 1.36. The lowest BCUT2D eigenvalue weighted by Crippen LogP contribution is -2.18. The van der Waals surface area contributed by atoms with E-state index in [0.717, 1.165) is 0 Å². The fraction of sp³-hybridized carbons (Fsp3) is 0.125. The van der Waals surface area contributed by atoms with Crippen molar-refractivity contribution in [3.63, 3.8) is 0 Å². The summed E-state index contributed by atoms with van der Waals surface area (Å²) >= 11 is 0. The molecule has 0 unspecified atom stereocenters. The summed E-state index contributed by atoms with van der Waals surface area (Å²) < 4.78 is 42.7. The molecule has 0 fully saturated rings. The molecule has 2 aromatic carbocycles. The minimum Gasteiger partial charge on any atom is -0.493 e. The summed E-state index contributed by atoms with van der Waals surface area (Å²) in [4.78, 5) is 8.33. The van der Waals surface area contributed by atoms with Crippen LogP contribution in [-0.4, -0.2) is 32.6 Å². The van der Waals surface area contributed by atoms with E-state index in [1.807, 2.05) is 0 Å². The van der Waals surface area contributed by atoms with Crippen molar-refractivity contribution < 1.29 is 26.8 Å². The van der Waals surface area contributed by atoms with Gasteiger partial charge in [0.2, 0.25) is 5.88 Å². The molecule has 26 heavy (non-hydrogen) atoms. The number of hydrogen-bond acceptors (Lipinski definition) is 8. The standard InChI is InChI=1S/C16H15N3O6S/c1-22-14-7-12-13(8-15(14)23-2)18-9-19-16(12)24-10-3-5-11(6-4-10)25-26(17,20)21/h3-9H,1-2H3,(H2,17,20,21). The Kier molecular flexibility index (Phi) is 4.78. The Morgan fingerprint density at radius 2 is 1.54 bits per heavy atom. The molecule has 2 N–H and O–H groups in total. The van der Waals surface area contributed by atoms with Crippen molar-refractivity contribution in [3.05, 3.63) is 42.7 Å². The summed E-state index contributed by atoms with van der Waals surface area (Å²) in [5.74, 6) is 1.84. The van der Waals surface area contributed by atoms with Gasteiger partial charge in [-0.25, -0.2) is 9.97 Å². The predicted octanol–water partition coefficient (Wildman–Crippen LogP) is 2.02. The molecule has 0 saturated heterocycles. The second-order valence-corrected chi connectivity index (χ2v) is 6.21. The average molecular weight is 377 g/mol. The number of nitrogens with zero attached hydrogens (tertiary/aromatic N) is 2. The number of hydrogen-bond donors (Lipinski definition) is 1. The molecule has 10 heteroatoms. The first-order valence-corrected chi connectivity index (χ1v) is 8.73. The summed E-state index contributed by atoms with van der Waals surface area (Å²) in [5, 5.41) is 5.44. The van der Waals surface area contributed by atoms with Crippen molar-refractivity contribution >= 4 is 21.2 Å². The maximum Gasteiger partial charge on any atom is 0.380 e. The highest BCUT2D eigenvalue weighted by atomic mass is 32.2. The van der Waals surface area contributed by atoms with Crippen LogP contribution in [0.4, 0.5) is 0 Å². The smallest absolute Gasteiger partial charge is 0.380 e. The first-order chi connectivity index (χ1) is 12.4. The van der Waals surface area contributed by atoms with Crippen molar-refractivity contribution in [2.45, 2.75) is 0 Å². The number of fused-ring (bicyclic) bond motifs is 1. The van der Waals surface area contributed by atoms with Crippen LogP contribution in [0.15, 0.2) is 42.7 Å². The molecule has 1 aromatic heterocycles. The molecule has 0 saturated carbocycles. The molecule has 0 radical (unpaired) electrons. The molecule has 0 spiro atoms. The maximum absolute atomic E-state index is 10.9. The van der Waals surface area contributed by atoms with Crippen molar-refractivity contribution in [2.24, 2.45) is 5.14 Å². The van der Waals surface area contributed by atoms with Crippen LogP contribution >= 0.6 is 0 Å². The largest absolute Gasteiger partial charge is 0.493 e. The van der Waals surface area contributed by atoms with Crippen LogP contribution in [0.3, 0.4) is 0 Å². The molecule has 3 rings (SSSR count). The van der Waals surface area contributed by atoms with Gasteiger partial charge in [0.15, 0.2) is 11.5 Å². The zero-order valence-corrected chi connectivity index (χ0v) is 14.7. The fourth-order valence-corrected chi connectivity index (χ4v) is 2.63. The Balaban J connectivity index is 1.93. The molecule has 136 valence electrons. The van der Waals surface area contributed by atoms with Crippen molar-refractivity contribution in [1.29, 1.82) is 0 Å². The highest BCUT2D eigenvalue weighted by molar-refractivity contribution is 7.84. The molecule has 0 aliphatic heterocycles. The summed E-state index contributed by atoms with van der Waals surface area (Å²) in [7, 11) is -1.02. The van der Waals surface area contributed by atoms with E-state index in [1.54, 1.807) is 12.1 Å². The highest BCUT2D eigenvalue weighted by Crippen LogP contribution is 2.35. The van der Waals surface area contributed by atoms with E-state index in [0.29, 0.717) is 34.0 Å². The van der Waals surface area contributed by atoms with Crippen LogP contribution in [-0.2, 0) is 10.3 Å². The minimum absolute atomic E-state index is 0.0683. The van der Waals surface area contributed by atoms with Gasteiger partial charge in [-0.15, -0.1) is 0 Å². The first kappa shape index (κ1) is 17.7. The molecule has 0 atom stereocenters. The van der Waals surface area contributed by atoms with Crippen LogP contribution in [0, 0.1) is 0 Å². The van der Waals surface area contributed by atoms with Crippen LogP contribution in [0.1, 0.15) is 0 Å². The van der Waals surface area contributed by atoms with E-state index in [1.165, 1.54) is 44.8 Å². The summed E-state index contributed by atoms with van der Waals surface area (Å²) in [6.45, 7) is 0. The lowest BCUT2D eigenvalue weighted by Gasteiger charge is -2.11. The van der Waals surface area contributed by atoms with Gasteiger partial charge in [-0.3, -0.25) is 0 Å². The van der Waals surface area contributed by atoms with Crippen molar-refractivity contribution in [1.82, 2.24) is 9.97 Å². The van der Waals surface area contributed by atoms with E-state index in [2.05, 4.69) is 14.2 Å². The molecule has 9 nitrogen and oxygen atoms in total. The number of aromatic nitrogens is 2. The first-order valence-electron chi connectivity index (χ1n) is 7.26. The molecular weight excluding hydrogens is 362 g/mol. The number of nitrogens with two attached hydrogens (primary N) is 1. The van der Waals surface area contributed by atoms with Gasteiger partial charge in [0, 0.05) is 6.07 Å². The highest BCUT2D eigenvalue weighted by Gasteiger charge is 2.13. The number of benzene rings is 2. The number of methoxy groups -OCH3 is 2. The van der Waals surface area contributed by atoms with Crippen LogP contribution in [0.5, 0.6) is 28.9 Å². The van der Waals surface area contributed by atoms with Crippen LogP contribution in [0.2, 0.25) is 0 Å². The Morgan fingerprint density at radius 3 is 2.15 bits per heavy atom. The average Bonchev–Trinajstić information content (AvgIpc) is 2.61. The molecule has 0 amide bonds. The normalized spacial score (nSPS) is 11.2. The topological polar surface area (TPSA) is 123 Å². The van der Waals surface area contributed by atoms with Gasteiger partial charge in [0.1, 0.15) is 17.8 Å². The second kappa shape index (κ2) is 7.02. The third kappa shape index (κ3) is 3.92. The van der Waals surface area contributed by atoms with Gasteiger partial charge < -0.3 is 18.4 Å². The zero-order valence-electron chi connectivity index (χ0n) is 13.9. The monoisotopic (exact) mass is 377 g/mol. The predicted molar refractivity (Wildman–Crippen MR) is 92.9 cm³/mol. The van der Waals surface area contributed by atoms with Gasteiger partial charge in [-0.2, -0.15) is 13.6 Å². The second-order valence-electron chi connectivity index (χ2n) is 5.05. The minimum atomic E-state index is -4.08. The SMILES string of the molecule is COc1cc2ncnc(Oc3ccc(OS(N)(=O)=O)cc3)c2cc1OC. The lowest BCUT2D eigenvalue weighted by molar-refractivity contribution is 0.355.